The number of benzodiazepines with no additional fused rings is 1. The summed E-state index contributed by atoms with van der Waals surface area (Å²) < 4.78 is 0. The van der Waals surface area contributed by atoms with Gasteiger partial charge >= 0.3 is 0 Å². The Labute approximate surface area is 136 Å². The Morgan fingerprint density at radius 3 is 2.55 bits per heavy atom. The molecule has 7 heteroatoms. The molecule has 0 saturated heterocycles. The number of nitrogens with one attached hydrogen (secondary N) is 1. The van der Waals surface area contributed by atoms with Gasteiger partial charge in [0.05, 0.1) is 11.4 Å². The van der Waals surface area contributed by atoms with Crippen LogP contribution in [0.1, 0.15) is 11.1 Å². The van der Waals surface area contributed by atoms with Crippen molar-refractivity contribution in [2.24, 2.45) is 4.99 Å². The number of amides is 1. The van der Waals surface area contributed by atoms with Crippen LogP contribution in [0, 0.1) is 0 Å². The number of aliphatic hydroxyl groups excluding tert-OH is 1. The summed E-state index contributed by atoms with van der Waals surface area (Å²) in [5, 5.41) is 13.4. The highest BCUT2D eigenvalue weighted by Gasteiger charge is 2.25. The number of anilines is 1. The summed E-state index contributed by atoms with van der Waals surface area (Å²) in [6, 6.07) is 12.1. The molecule has 1 atom stereocenters. The first-order valence-corrected chi connectivity index (χ1v) is 6.93. The zero-order chi connectivity index (χ0) is 15.0. The van der Waals surface area contributed by atoms with Crippen LogP contribution in [0.5, 0.6) is 0 Å². The molecular weight excluding hydrogens is 327 g/mol. The van der Waals surface area contributed by atoms with Crippen LogP contribution in [-0.2, 0) is 4.79 Å². The van der Waals surface area contributed by atoms with Gasteiger partial charge in [-0.3, -0.25) is 4.79 Å². The molecule has 0 aliphatic carbocycles. The number of aliphatic imine (C=N–C) groups is 1. The number of hydrogen-bond donors (Lipinski definition) is 2. The Hall–Kier alpha value is -1.92. The molecule has 2 aromatic rings. The van der Waals surface area contributed by atoms with E-state index in [0.29, 0.717) is 32.6 Å². The predicted molar refractivity (Wildman–Crippen MR) is 86.8 cm³/mol. The second-order valence-corrected chi connectivity index (χ2v) is 5.35. The van der Waals surface area contributed by atoms with E-state index in [1.54, 1.807) is 42.5 Å². The van der Waals surface area contributed by atoms with Gasteiger partial charge in [0.25, 0.3) is 5.91 Å². The summed E-state index contributed by atoms with van der Waals surface area (Å²) in [7, 11) is 0. The third-order valence-corrected chi connectivity index (χ3v) is 3.67. The molecule has 4 N–H and O–H groups in total. The van der Waals surface area contributed by atoms with E-state index in [4.69, 9.17) is 23.2 Å². The Bertz CT molecular complexity index is 762. The summed E-state index contributed by atoms with van der Waals surface area (Å²) in [6.45, 7) is 0. The highest BCUT2D eigenvalue weighted by atomic mass is 35.5. The fourth-order valence-electron chi connectivity index (χ4n) is 2.14. The first kappa shape index (κ1) is 16.5. The zero-order valence-corrected chi connectivity index (χ0v) is 12.7. The predicted octanol–water partition coefficient (Wildman–Crippen LogP) is 2.28. The summed E-state index contributed by atoms with van der Waals surface area (Å²) in [4.78, 5) is 15.9. The van der Waals surface area contributed by atoms with Gasteiger partial charge in [-0.05, 0) is 24.3 Å². The van der Waals surface area contributed by atoms with Crippen molar-refractivity contribution in [2.45, 2.75) is 6.23 Å². The molecule has 2 aromatic carbocycles. The number of aliphatic hydroxyl groups is 1. The molecular formula is C15H12Cl2N2O3. The molecule has 3 rings (SSSR count). The molecule has 1 aliphatic heterocycles. The van der Waals surface area contributed by atoms with Crippen molar-refractivity contribution in [3.05, 3.63) is 63.6 Å². The molecule has 0 spiro atoms. The fourth-order valence-corrected chi connectivity index (χ4v) is 2.53. The molecule has 0 saturated carbocycles. The molecule has 1 heterocycles. The first-order valence-electron chi connectivity index (χ1n) is 6.18. The van der Waals surface area contributed by atoms with Crippen molar-refractivity contribution in [3.8, 4) is 0 Å². The molecule has 5 nitrogen and oxygen atoms in total. The minimum absolute atomic E-state index is 0. The molecule has 0 aromatic heterocycles. The Morgan fingerprint density at radius 2 is 1.82 bits per heavy atom. The lowest BCUT2D eigenvalue weighted by molar-refractivity contribution is -0.123. The van der Waals surface area contributed by atoms with Crippen LogP contribution in [-0.4, -0.2) is 28.4 Å². The second kappa shape index (κ2) is 6.46. The third-order valence-electron chi connectivity index (χ3n) is 3.11. The minimum Gasteiger partial charge on any atom is -0.412 e. The smallest absolute Gasteiger partial charge is 0.276 e. The van der Waals surface area contributed by atoms with E-state index in [1.807, 2.05) is 0 Å². The van der Waals surface area contributed by atoms with Crippen LogP contribution < -0.4 is 5.32 Å². The molecule has 114 valence electrons. The average molecular weight is 339 g/mol. The van der Waals surface area contributed by atoms with Crippen LogP contribution in [0.4, 0.5) is 5.69 Å². The molecule has 1 aliphatic rings. The fraction of sp³-hybridized carbons (Fsp3) is 0.0667. The maximum atomic E-state index is 11.8. The standard InChI is InChI=1S/C15H10Cl2N2O2.H2O/c16-8-5-6-12-10(7-8)13(19-15(21)14(20)18-12)9-3-1-2-4-11(9)17;/h1-7,15,21H,(H,18,20);1H2. The van der Waals surface area contributed by atoms with Gasteiger partial charge in [-0.1, -0.05) is 41.4 Å². The van der Waals surface area contributed by atoms with Crippen molar-refractivity contribution in [1.29, 1.82) is 0 Å². The topological polar surface area (TPSA) is 93.2 Å². The summed E-state index contributed by atoms with van der Waals surface area (Å²) in [5.74, 6) is -0.597. The van der Waals surface area contributed by atoms with Gasteiger partial charge in [0.15, 0.2) is 0 Å². The summed E-state index contributed by atoms with van der Waals surface area (Å²) in [6.07, 6.45) is -1.50. The van der Waals surface area contributed by atoms with Gasteiger partial charge in [-0.15, -0.1) is 0 Å². The van der Waals surface area contributed by atoms with Crippen molar-refractivity contribution >= 4 is 40.5 Å². The number of nitrogens with zero attached hydrogens (tertiary/aromatic N) is 1. The van der Waals surface area contributed by atoms with Crippen LogP contribution >= 0.6 is 23.2 Å². The van der Waals surface area contributed by atoms with Gasteiger partial charge in [0.1, 0.15) is 0 Å². The summed E-state index contributed by atoms with van der Waals surface area (Å²) >= 11 is 12.2. The first-order chi connectivity index (χ1) is 10.1. The quantitative estimate of drug-likeness (QED) is 0.834. The van der Waals surface area contributed by atoms with E-state index in [0.717, 1.165) is 0 Å². The normalized spacial score (nSPS) is 16.8. The number of hydrogen-bond acceptors (Lipinski definition) is 3. The highest BCUT2D eigenvalue weighted by molar-refractivity contribution is 6.36. The number of rotatable bonds is 1. The number of carbonyl (C=O) groups excluding carboxylic acids is 1. The Morgan fingerprint density at radius 1 is 1.09 bits per heavy atom. The van der Waals surface area contributed by atoms with Gasteiger partial charge in [-0.2, -0.15) is 0 Å². The molecule has 0 bridgehead atoms. The third kappa shape index (κ3) is 2.98. The number of carbonyl (C=O) groups is 1. The lowest BCUT2D eigenvalue weighted by Crippen LogP contribution is -2.24. The molecule has 22 heavy (non-hydrogen) atoms. The molecule has 0 fully saturated rings. The lowest BCUT2D eigenvalue weighted by Gasteiger charge is -2.11. The average Bonchev–Trinajstić information content (AvgIpc) is 2.58. The van der Waals surface area contributed by atoms with E-state index in [1.165, 1.54) is 0 Å². The van der Waals surface area contributed by atoms with E-state index < -0.39 is 12.1 Å². The maximum absolute atomic E-state index is 11.8. The second-order valence-electron chi connectivity index (χ2n) is 4.51. The maximum Gasteiger partial charge on any atom is 0.276 e. The van der Waals surface area contributed by atoms with Crippen molar-refractivity contribution in [1.82, 2.24) is 0 Å². The monoisotopic (exact) mass is 338 g/mol. The van der Waals surface area contributed by atoms with Gasteiger partial charge in [0.2, 0.25) is 6.23 Å². The van der Waals surface area contributed by atoms with Gasteiger partial charge < -0.3 is 15.9 Å². The lowest BCUT2D eigenvalue weighted by atomic mass is 10.0. The minimum atomic E-state index is -1.50. The number of benzene rings is 2. The van der Waals surface area contributed by atoms with Crippen LogP contribution in [0.15, 0.2) is 47.5 Å². The van der Waals surface area contributed by atoms with Crippen molar-refractivity contribution in [3.63, 3.8) is 0 Å². The van der Waals surface area contributed by atoms with Crippen molar-refractivity contribution in [2.75, 3.05) is 5.32 Å². The molecule has 0 radical (unpaired) electrons. The highest BCUT2D eigenvalue weighted by Crippen LogP contribution is 2.29. The zero-order valence-electron chi connectivity index (χ0n) is 11.2. The number of halogens is 2. The number of fused-ring (bicyclic) bond motifs is 1. The Kier molecular flexibility index (Phi) is 4.83. The van der Waals surface area contributed by atoms with Gasteiger partial charge in [0, 0.05) is 21.2 Å². The van der Waals surface area contributed by atoms with E-state index >= 15 is 0 Å². The summed E-state index contributed by atoms with van der Waals surface area (Å²) in [5.41, 5.74) is 2.18. The van der Waals surface area contributed by atoms with Crippen LogP contribution in [0.2, 0.25) is 10.0 Å². The Balaban J connectivity index is 0.00000176. The van der Waals surface area contributed by atoms with Crippen LogP contribution in [0.25, 0.3) is 0 Å². The van der Waals surface area contributed by atoms with E-state index in [9.17, 15) is 9.90 Å². The van der Waals surface area contributed by atoms with Gasteiger partial charge in [-0.25, -0.2) is 4.99 Å². The van der Waals surface area contributed by atoms with Crippen LogP contribution in [0.3, 0.4) is 0 Å². The van der Waals surface area contributed by atoms with E-state index in [-0.39, 0.29) is 5.48 Å². The molecule has 1 unspecified atom stereocenters. The SMILES string of the molecule is O.O=C1Nc2ccc(Cl)cc2C(c2ccccc2Cl)=NC1O. The van der Waals surface area contributed by atoms with E-state index in [2.05, 4.69) is 10.3 Å². The molecule has 1 amide bonds. The largest absolute Gasteiger partial charge is 0.412 e. The van der Waals surface area contributed by atoms with Crippen molar-refractivity contribution < 1.29 is 15.4 Å².